The van der Waals surface area contributed by atoms with Crippen molar-refractivity contribution in [2.75, 3.05) is 5.73 Å². The van der Waals surface area contributed by atoms with Crippen LogP contribution in [0.5, 0.6) is 0 Å². The third-order valence-electron chi connectivity index (χ3n) is 2.57. The second-order valence-electron chi connectivity index (χ2n) is 3.98. The van der Waals surface area contributed by atoms with Crippen LogP contribution in [0.4, 0.5) is 18.9 Å². The minimum Gasteiger partial charge on any atom is -0.399 e. The van der Waals surface area contributed by atoms with E-state index >= 15 is 0 Å². The smallest absolute Gasteiger partial charge is 0.399 e. The first kappa shape index (κ1) is 12.5. The van der Waals surface area contributed by atoms with Gasteiger partial charge in [-0.05, 0) is 24.1 Å². The topological polar surface area (TPSA) is 43.8 Å². The maximum Gasteiger partial charge on any atom is 0.419 e. The van der Waals surface area contributed by atoms with Crippen molar-refractivity contribution in [2.24, 2.45) is 0 Å². The normalized spacial score (nSPS) is 11.7. The van der Waals surface area contributed by atoms with Gasteiger partial charge in [-0.2, -0.15) is 18.3 Å². The molecule has 0 aliphatic rings. The molecule has 1 aromatic heterocycles. The first-order valence-corrected chi connectivity index (χ1v) is 5.39. The molecule has 2 N–H and O–H groups in total. The molecule has 0 aliphatic carbocycles. The molecule has 0 saturated heterocycles. The summed E-state index contributed by atoms with van der Waals surface area (Å²) in [6.45, 7) is 0.403. The molecule has 0 spiro atoms. The van der Waals surface area contributed by atoms with E-state index in [9.17, 15) is 13.2 Å². The minimum atomic E-state index is -4.33. The molecule has 6 heteroatoms. The average Bonchev–Trinajstić information content (AvgIpc) is 2.77. The van der Waals surface area contributed by atoms with Crippen molar-refractivity contribution in [3.63, 3.8) is 0 Å². The molecule has 1 heterocycles. The zero-order valence-electron chi connectivity index (χ0n) is 9.48. The summed E-state index contributed by atoms with van der Waals surface area (Å²) in [5, 5.41) is 3.69. The number of alkyl halides is 3. The number of hydrogen-bond donors (Lipinski definition) is 1. The fraction of sp³-hybridized carbons (Fsp3) is 0.250. The Labute approximate surface area is 102 Å². The van der Waals surface area contributed by atoms with E-state index in [1.807, 2.05) is 12.1 Å². The Balaban J connectivity index is 1.98. The number of benzene rings is 1. The van der Waals surface area contributed by atoms with Crippen molar-refractivity contribution >= 4 is 5.69 Å². The van der Waals surface area contributed by atoms with E-state index in [4.69, 9.17) is 5.73 Å². The average molecular weight is 255 g/mol. The fourth-order valence-electron chi connectivity index (χ4n) is 1.56. The Hall–Kier alpha value is -1.98. The predicted octanol–water partition coefficient (Wildman–Crippen LogP) is 2.73. The zero-order chi connectivity index (χ0) is 13.2. The Morgan fingerprint density at radius 3 is 2.39 bits per heavy atom. The summed E-state index contributed by atoms with van der Waals surface area (Å²) in [5.74, 6) is 0. The molecular weight excluding hydrogens is 243 g/mol. The largest absolute Gasteiger partial charge is 0.419 e. The number of nitrogen functional groups attached to an aromatic ring is 1. The van der Waals surface area contributed by atoms with Crippen molar-refractivity contribution < 1.29 is 13.2 Å². The lowest BCUT2D eigenvalue weighted by atomic mass is 10.1. The lowest BCUT2D eigenvalue weighted by Gasteiger charge is -2.03. The Kier molecular flexibility index (Phi) is 3.27. The van der Waals surface area contributed by atoms with Crippen LogP contribution in [0.3, 0.4) is 0 Å². The van der Waals surface area contributed by atoms with E-state index in [0.29, 0.717) is 18.7 Å². The summed E-state index contributed by atoms with van der Waals surface area (Å²) in [4.78, 5) is 0. The van der Waals surface area contributed by atoms with Crippen molar-refractivity contribution in [1.82, 2.24) is 9.78 Å². The van der Waals surface area contributed by atoms with Gasteiger partial charge in [-0.25, -0.2) is 0 Å². The molecule has 2 aromatic rings. The summed E-state index contributed by atoms with van der Waals surface area (Å²) in [5.41, 5.74) is 6.49. The van der Waals surface area contributed by atoms with Crippen LogP contribution < -0.4 is 5.73 Å². The summed E-state index contributed by atoms with van der Waals surface area (Å²) >= 11 is 0. The van der Waals surface area contributed by atoms with Crippen molar-refractivity contribution in [3.05, 3.63) is 47.8 Å². The van der Waals surface area contributed by atoms with Crippen LogP contribution in [0.15, 0.2) is 36.7 Å². The number of nitrogens with zero attached hydrogens (tertiary/aromatic N) is 2. The highest BCUT2D eigenvalue weighted by molar-refractivity contribution is 5.39. The quantitative estimate of drug-likeness (QED) is 0.857. The molecule has 0 atom stereocenters. The lowest BCUT2D eigenvalue weighted by molar-refractivity contribution is -0.137. The molecule has 2 rings (SSSR count). The van der Waals surface area contributed by atoms with Crippen molar-refractivity contribution in [3.8, 4) is 0 Å². The third kappa shape index (κ3) is 3.03. The van der Waals surface area contributed by atoms with Gasteiger partial charge in [-0.15, -0.1) is 0 Å². The summed E-state index contributed by atoms with van der Waals surface area (Å²) in [6, 6.07) is 7.23. The number of hydrogen-bond acceptors (Lipinski definition) is 2. The molecule has 1 aromatic carbocycles. The third-order valence-corrected chi connectivity index (χ3v) is 2.57. The van der Waals surface area contributed by atoms with Crippen molar-refractivity contribution in [2.45, 2.75) is 19.1 Å². The van der Waals surface area contributed by atoms with Gasteiger partial charge >= 0.3 is 6.18 Å². The molecule has 0 fully saturated rings. The van der Waals surface area contributed by atoms with E-state index < -0.39 is 11.7 Å². The second-order valence-corrected chi connectivity index (χ2v) is 3.98. The van der Waals surface area contributed by atoms with Gasteiger partial charge in [0.1, 0.15) is 0 Å². The Morgan fingerprint density at radius 1 is 1.17 bits per heavy atom. The fourth-order valence-corrected chi connectivity index (χ4v) is 1.56. The van der Waals surface area contributed by atoms with Crippen LogP contribution in [-0.4, -0.2) is 9.78 Å². The maximum atomic E-state index is 12.3. The molecular formula is C12H12F3N3. The SMILES string of the molecule is Nc1ccc(CCn2cc(C(F)(F)F)cn2)cc1. The molecule has 96 valence electrons. The number of nitrogens with two attached hydrogens (primary N) is 1. The molecule has 3 nitrogen and oxygen atoms in total. The summed E-state index contributed by atoms with van der Waals surface area (Å²) < 4.78 is 38.3. The molecule has 0 amide bonds. The summed E-state index contributed by atoms with van der Waals surface area (Å²) in [6.07, 6.45) is -1.88. The van der Waals surface area contributed by atoms with E-state index in [2.05, 4.69) is 5.10 Å². The van der Waals surface area contributed by atoms with Crippen LogP contribution in [0.2, 0.25) is 0 Å². The van der Waals surface area contributed by atoms with Gasteiger partial charge < -0.3 is 5.73 Å². The van der Waals surface area contributed by atoms with Crippen LogP contribution >= 0.6 is 0 Å². The van der Waals surface area contributed by atoms with Crippen molar-refractivity contribution in [1.29, 1.82) is 0 Å². The highest BCUT2D eigenvalue weighted by Crippen LogP contribution is 2.28. The number of aryl methyl sites for hydroxylation is 2. The molecule has 18 heavy (non-hydrogen) atoms. The number of aromatic nitrogens is 2. The van der Waals surface area contributed by atoms with Gasteiger partial charge in [0.05, 0.1) is 11.8 Å². The maximum absolute atomic E-state index is 12.3. The molecule has 0 radical (unpaired) electrons. The van der Waals surface area contributed by atoms with Gasteiger partial charge in [0.15, 0.2) is 0 Å². The minimum absolute atomic E-state index is 0.403. The number of rotatable bonds is 3. The molecule has 0 aliphatic heterocycles. The Bertz CT molecular complexity index is 514. The molecule has 0 bridgehead atoms. The zero-order valence-corrected chi connectivity index (χ0v) is 9.48. The summed E-state index contributed by atoms with van der Waals surface area (Å²) in [7, 11) is 0. The lowest BCUT2D eigenvalue weighted by Crippen LogP contribution is -2.04. The van der Waals surface area contributed by atoms with Gasteiger partial charge in [-0.3, -0.25) is 4.68 Å². The Morgan fingerprint density at radius 2 is 1.83 bits per heavy atom. The van der Waals surface area contributed by atoms with Gasteiger partial charge in [0.2, 0.25) is 0 Å². The van der Waals surface area contributed by atoms with Gasteiger partial charge in [-0.1, -0.05) is 12.1 Å². The second kappa shape index (κ2) is 4.72. The van der Waals surface area contributed by atoms with Crippen LogP contribution in [0.1, 0.15) is 11.1 Å². The standard InChI is InChI=1S/C12H12F3N3/c13-12(14,15)10-7-17-18(8-10)6-5-9-1-3-11(16)4-2-9/h1-4,7-8H,5-6,16H2. The number of anilines is 1. The van der Waals surface area contributed by atoms with Crippen LogP contribution in [-0.2, 0) is 19.1 Å². The van der Waals surface area contributed by atoms with Crippen LogP contribution in [0.25, 0.3) is 0 Å². The van der Waals surface area contributed by atoms with Gasteiger partial charge in [0, 0.05) is 18.4 Å². The van der Waals surface area contributed by atoms with E-state index in [0.717, 1.165) is 18.0 Å². The first-order valence-electron chi connectivity index (χ1n) is 5.39. The van der Waals surface area contributed by atoms with E-state index in [1.165, 1.54) is 4.68 Å². The number of halogens is 3. The highest BCUT2D eigenvalue weighted by Gasteiger charge is 2.32. The predicted molar refractivity (Wildman–Crippen MR) is 61.8 cm³/mol. The molecule has 0 saturated carbocycles. The molecule has 0 unspecified atom stereocenters. The first-order chi connectivity index (χ1) is 8.45. The highest BCUT2D eigenvalue weighted by atomic mass is 19.4. The van der Waals surface area contributed by atoms with E-state index in [1.54, 1.807) is 12.1 Å². The van der Waals surface area contributed by atoms with Crippen LogP contribution in [0, 0.1) is 0 Å². The van der Waals surface area contributed by atoms with Gasteiger partial charge in [0.25, 0.3) is 0 Å². The monoisotopic (exact) mass is 255 g/mol. The van der Waals surface area contributed by atoms with E-state index in [-0.39, 0.29) is 0 Å².